The van der Waals surface area contributed by atoms with Crippen molar-refractivity contribution in [1.29, 1.82) is 0 Å². The molecule has 0 atom stereocenters. The fourth-order valence-corrected chi connectivity index (χ4v) is 5.02. The minimum absolute atomic E-state index is 0.0127. The number of fused-ring (bicyclic) bond motifs is 1. The van der Waals surface area contributed by atoms with E-state index in [1.54, 1.807) is 0 Å². The zero-order valence-corrected chi connectivity index (χ0v) is 16.1. The smallest absolute Gasteiger partial charge is 0.251 e. The van der Waals surface area contributed by atoms with Gasteiger partial charge in [0.05, 0.1) is 23.0 Å². The van der Waals surface area contributed by atoms with Gasteiger partial charge in [0, 0.05) is 25.1 Å². The van der Waals surface area contributed by atoms with Gasteiger partial charge in [-0.1, -0.05) is 17.3 Å². The maximum atomic E-state index is 14.2. The van der Waals surface area contributed by atoms with Crippen molar-refractivity contribution < 1.29 is 22.0 Å². The Labute approximate surface area is 159 Å². The van der Waals surface area contributed by atoms with Gasteiger partial charge in [-0.05, 0) is 18.9 Å². The van der Waals surface area contributed by atoms with Crippen LogP contribution in [0.2, 0.25) is 0 Å². The molecule has 1 fully saturated rings. The Balaban J connectivity index is 1.94. The van der Waals surface area contributed by atoms with Crippen LogP contribution in [0.3, 0.4) is 0 Å². The molecule has 10 heteroatoms. The highest BCUT2D eigenvalue weighted by molar-refractivity contribution is 7.88. The van der Waals surface area contributed by atoms with Crippen LogP contribution >= 0.6 is 11.3 Å². The molecule has 0 spiro atoms. The Morgan fingerprint density at radius 2 is 2.04 bits per heavy atom. The zero-order chi connectivity index (χ0) is 19.8. The Morgan fingerprint density at radius 3 is 2.63 bits per heavy atom. The number of carbonyl (C=O) groups is 1. The van der Waals surface area contributed by atoms with E-state index in [1.165, 1.54) is 14.9 Å². The molecule has 1 aliphatic heterocycles. The maximum Gasteiger partial charge on any atom is 0.251 e. The molecule has 6 nitrogen and oxygen atoms in total. The number of benzene rings is 1. The summed E-state index contributed by atoms with van der Waals surface area (Å²) in [4.78, 5) is 16.8. The molecule has 0 unspecified atom stereocenters. The van der Waals surface area contributed by atoms with Crippen molar-refractivity contribution in [2.24, 2.45) is 10.9 Å². The lowest BCUT2D eigenvalue weighted by atomic mass is 9.98. The first kappa shape index (κ1) is 19.7. The summed E-state index contributed by atoms with van der Waals surface area (Å²) in [5.41, 5.74) is 0.109. The highest BCUT2D eigenvalue weighted by Crippen LogP contribution is 2.23. The van der Waals surface area contributed by atoms with E-state index in [9.17, 15) is 22.0 Å². The van der Waals surface area contributed by atoms with Crippen molar-refractivity contribution in [2.75, 3.05) is 19.3 Å². The standard InChI is InChI=1S/C17H17F2N3O3S2/c1-3-6-22-15-13(19)9-12(18)10-14(15)26-17(22)20-16(23)11-4-7-21(8-5-11)27(2,24)25/h1,9-11H,4-8H2,2H3. The predicted molar refractivity (Wildman–Crippen MR) is 98.3 cm³/mol. The predicted octanol–water partition coefficient (Wildman–Crippen LogP) is 1.71. The number of rotatable bonds is 3. The van der Waals surface area contributed by atoms with Crippen LogP contribution in [0.15, 0.2) is 17.1 Å². The molecule has 0 aliphatic carbocycles. The highest BCUT2D eigenvalue weighted by atomic mass is 32.2. The molecule has 1 amide bonds. The van der Waals surface area contributed by atoms with Gasteiger partial charge < -0.3 is 4.57 Å². The molecule has 2 heterocycles. The van der Waals surface area contributed by atoms with Crippen LogP contribution in [0.4, 0.5) is 8.78 Å². The van der Waals surface area contributed by atoms with Gasteiger partial charge >= 0.3 is 0 Å². The maximum absolute atomic E-state index is 14.2. The van der Waals surface area contributed by atoms with E-state index >= 15 is 0 Å². The quantitative estimate of drug-likeness (QED) is 0.720. The largest absolute Gasteiger partial charge is 0.302 e. The van der Waals surface area contributed by atoms with Crippen molar-refractivity contribution in [2.45, 2.75) is 19.4 Å². The first-order valence-corrected chi connectivity index (χ1v) is 10.8. The van der Waals surface area contributed by atoms with Crippen molar-refractivity contribution in [3.63, 3.8) is 0 Å². The summed E-state index contributed by atoms with van der Waals surface area (Å²) < 4.78 is 53.8. The van der Waals surface area contributed by atoms with Gasteiger partial charge in [-0.3, -0.25) is 4.79 Å². The van der Waals surface area contributed by atoms with Gasteiger partial charge in [-0.15, -0.1) is 6.42 Å². The molecule has 144 valence electrons. The van der Waals surface area contributed by atoms with E-state index in [2.05, 4.69) is 10.9 Å². The monoisotopic (exact) mass is 413 g/mol. The van der Waals surface area contributed by atoms with Gasteiger partial charge in [0.15, 0.2) is 10.6 Å². The van der Waals surface area contributed by atoms with Crippen molar-refractivity contribution >= 4 is 37.5 Å². The normalized spacial score (nSPS) is 17.3. The van der Waals surface area contributed by atoms with E-state index in [4.69, 9.17) is 6.42 Å². The molecule has 1 aromatic carbocycles. The summed E-state index contributed by atoms with van der Waals surface area (Å²) in [7, 11) is -3.28. The van der Waals surface area contributed by atoms with Crippen LogP contribution in [0.5, 0.6) is 0 Å². The average molecular weight is 413 g/mol. The van der Waals surface area contributed by atoms with Gasteiger partial charge in [0.1, 0.15) is 5.82 Å². The minimum Gasteiger partial charge on any atom is -0.302 e. The number of halogens is 2. The number of amides is 1. The SMILES string of the molecule is C#CCn1c(=NC(=O)C2CCN(S(C)(=O)=O)CC2)sc2cc(F)cc(F)c21. The Kier molecular flexibility index (Phi) is 5.46. The Hall–Kier alpha value is -2.09. The number of hydrogen-bond donors (Lipinski definition) is 0. The van der Waals surface area contributed by atoms with Crippen LogP contribution < -0.4 is 4.80 Å². The van der Waals surface area contributed by atoms with Gasteiger partial charge in [0.2, 0.25) is 10.0 Å². The van der Waals surface area contributed by atoms with Crippen molar-refractivity contribution in [3.8, 4) is 12.3 Å². The van der Waals surface area contributed by atoms with Gasteiger partial charge in [-0.2, -0.15) is 4.99 Å². The highest BCUT2D eigenvalue weighted by Gasteiger charge is 2.29. The van der Waals surface area contributed by atoms with Crippen LogP contribution in [-0.2, 0) is 21.4 Å². The zero-order valence-electron chi connectivity index (χ0n) is 14.5. The van der Waals surface area contributed by atoms with Gasteiger partial charge in [0.25, 0.3) is 5.91 Å². The molecule has 0 N–H and O–H groups in total. The second-order valence-corrected chi connectivity index (χ2v) is 9.29. The number of nitrogens with zero attached hydrogens (tertiary/aromatic N) is 3. The third-order valence-electron chi connectivity index (χ3n) is 4.42. The molecular formula is C17H17F2N3O3S2. The lowest BCUT2D eigenvalue weighted by Gasteiger charge is -2.28. The fourth-order valence-electron chi connectivity index (χ4n) is 3.07. The average Bonchev–Trinajstić information content (AvgIpc) is 2.92. The molecule has 27 heavy (non-hydrogen) atoms. The lowest BCUT2D eigenvalue weighted by Crippen LogP contribution is -2.39. The molecular weight excluding hydrogens is 396 g/mol. The molecule has 2 aromatic rings. The van der Waals surface area contributed by atoms with Crippen molar-refractivity contribution in [1.82, 2.24) is 8.87 Å². The Bertz CT molecular complexity index is 1100. The number of thiazole rings is 1. The van der Waals surface area contributed by atoms with Crippen LogP contribution in [0, 0.1) is 29.9 Å². The van der Waals surface area contributed by atoms with Crippen LogP contribution in [0.25, 0.3) is 10.2 Å². The molecule has 0 radical (unpaired) electrons. The fraction of sp³-hybridized carbons (Fsp3) is 0.412. The first-order chi connectivity index (χ1) is 12.7. The number of piperidine rings is 1. The second kappa shape index (κ2) is 7.50. The first-order valence-electron chi connectivity index (χ1n) is 8.16. The molecule has 3 rings (SSSR count). The van der Waals surface area contributed by atoms with E-state index in [0.717, 1.165) is 23.7 Å². The number of aromatic nitrogens is 1. The molecule has 0 saturated carbocycles. The lowest BCUT2D eigenvalue weighted by molar-refractivity contribution is -0.122. The number of sulfonamides is 1. The molecule has 0 bridgehead atoms. The Morgan fingerprint density at radius 1 is 1.37 bits per heavy atom. The summed E-state index contributed by atoms with van der Waals surface area (Å²) in [6.07, 6.45) is 7.19. The third-order valence-corrected chi connectivity index (χ3v) is 6.75. The van der Waals surface area contributed by atoms with Crippen molar-refractivity contribution in [3.05, 3.63) is 28.6 Å². The van der Waals surface area contributed by atoms with Crippen LogP contribution in [0.1, 0.15) is 12.8 Å². The van der Waals surface area contributed by atoms with E-state index in [-0.39, 0.29) is 30.0 Å². The summed E-state index contributed by atoms with van der Waals surface area (Å²) in [6, 6.07) is 1.93. The number of terminal acetylenes is 1. The van der Waals surface area contributed by atoms with Gasteiger partial charge in [-0.25, -0.2) is 21.5 Å². The minimum atomic E-state index is -3.28. The van der Waals surface area contributed by atoms with E-state index in [0.29, 0.717) is 17.5 Å². The summed E-state index contributed by atoms with van der Waals surface area (Å²) in [5.74, 6) is 0.0532. The van der Waals surface area contributed by atoms with Crippen LogP contribution in [-0.4, -0.2) is 42.5 Å². The van der Waals surface area contributed by atoms with E-state index < -0.39 is 33.5 Å². The molecule has 1 aromatic heterocycles. The summed E-state index contributed by atoms with van der Waals surface area (Å²) in [5, 5.41) is 0. The number of hydrogen-bond acceptors (Lipinski definition) is 4. The second-order valence-electron chi connectivity index (χ2n) is 6.30. The molecule has 1 aliphatic rings. The van der Waals surface area contributed by atoms with E-state index in [1.807, 2.05) is 0 Å². The molecule has 1 saturated heterocycles. The number of carbonyl (C=O) groups excluding carboxylic acids is 1. The third kappa shape index (κ3) is 4.10. The summed E-state index contributed by atoms with van der Waals surface area (Å²) >= 11 is 0.983. The summed E-state index contributed by atoms with van der Waals surface area (Å²) in [6.45, 7) is 0.490. The topological polar surface area (TPSA) is 71.7 Å².